The summed E-state index contributed by atoms with van der Waals surface area (Å²) in [7, 11) is 0. The fourth-order valence-electron chi connectivity index (χ4n) is 2.60. The van der Waals surface area contributed by atoms with Crippen LogP contribution in [0.15, 0.2) is 73.6 Å². The number of para-hydroxylation sites is 1. The van der Waals surface area contributed by atoms with Gasteiger partial charge in [-0.15, -0.1) is 0 Å². The molecule has 0 saturated carbocycles. The lowest BCUT2D eigenvalue weighted by Gasteiger charge is -2.07. The molecule has 3 aromatic heterocycles. The Morgan fingerprint density at radius 1 is 1.04 bits per heavy atom. The van der Waals surface area contributed by atoms with Crippen LogP contribution in [0.1, 0.15) is 5.56 Å². The van der Waals surface area contributed by atoms with Gasteiger partial charge < -0.3 is 5.32 Å². The highest BCUT2D eigenvalue weighted by Crippen LogP contribution is 2.18. The molecule has 26 heavy (non-hydrogen) atoms. The highest BCUT2D eigenvalue weighted by molar-refractivity contribution is 6.04. The second kappa shape index (κ2) is 6.94. The minimum Gasteiger partial charge on any atom is -0.319 e. The van der Waals surface area contributed by atoms with Gasteiger partial charge >= 0.3 is 0 Å². The van der Waals surface area contributed by atoms with E-state index >= 15 is 0 Å². The Hall–Kier alpha value is -3.87. The Morgan fingerprint density at radius 2 is 1.96 bits per heavy atom. The summed E-state index contributed by atoms with van der Waals surface area (Å²) in [4.78, 5) is 24.8. The molecule has 0 fully saturated rings. The summed E-state index contributed by atoms with van der Waals surface area (Å²) in [5.41, 5.74) is 2.36. The van der Waals surface area contributed by atoms with Gasteiger partial charge in [0.2, 0.25) is 5.91 Å². The first kappa shape index (κ1) is 15.6. The number of amides is 1. The van der Waals surface area contributed by atoms with E-state index in [4.69, 9.17) is 0 Å². The normalized spacial score (nSPS) is 11.1. The van der Waals surface area contributed by atoms with Crippen LogP contribution in [0.4, 0.5) is 5.69 Å². The number of benzene rings is 1. The molecule has 7 heteroatoms. The van der Waals surface area contributed by atoms with Crippen LogP contribution in [-0.2, 0) is 4.79 Å². The number of nitrogens with one attached hydrogen (secondary N) is 1. The third-order valence-electron chi connectivity index (χ3n) is 3.78. The number of carbonyl (C=O) groups excluding carboxylic acids is 1. The Labute approximate surface area is 149 Å². The van der Waals surface area contributed by atoms with E-state index in [2.05, 4.69) is 25.4 Å². The third kappa shape index (κ3) is 3.18. The van der Waals surface area contributed by atoms with Crippen molar-refractivity contribution in [1.29, 1.82) is 0 Å². The van der Waals surface area contributed by atoms with Gasteiger partial charge in [0.05, 0.1) is 11.2 Å². The Kier molecular flexibility index (Phi) is 4.17. The molecular formula is C19H14N6O. The molecule has 126 valence electrons. The van der Waals surface area contributed by atoms with Crippen LogP contribution >= 0.6 is 0 Å². The van der Waals surface area contributed by atoms with Crippen LogP contribution in [0.3, 0.4) is 0 Å². The maximum absolute atomic E-state index is 12.4. The zero-order valence-electron chi connectivity index (χ0n) is 13.6. The molecule has 1 amide bonds. The minimum atomic E-state index is -0.264. The van der Waals surface area contributed by atoms with Crippen LogP contribution in [0.25, 0.3) is 22.8 Å². The van der Waals surface area contributed by atoms with Gasteiger partial charge in [-0.25, -0.2) is 14.6 Å². The van der Waals surface area contributed by atoms with Crippen molar-refractivity contribution in [2.75, 3.05) is 5.32 Å². The molecule has 1 N–H and O–H groups in total. The van der Waals surface area contributed by atoms with E-state index in [0.29, 0.717) is 11.5 Å². The van der Waals surface area contributed by atoms with E-state index in [0.717, 1.165) is 16.5 Å². The summed E-state index contributed by atoms with van der Waals surface area (Å²) < 4.78 is 1.50. The second-order valence-corrected chi connectivity index (χ2v) is 5.45. The van der Waals surface area contributed by atoms with Crippen molar-refractivity contribution in [1.82, 2.24) is 24.7 Å². The van der Waals surface area contributed by atoms with Crippen molar-refractivity contribution in [2.45, 2.75) is 0 Å². The number of pyridine rings is 2. The molecule has 0 aliphatic rings. The summed E-state index contributed by atoms with van der Waals surface area (Å²) >= 11 is 0. The molecule has 0 atom stereocenters. The Balaban J connectivity index is 1.57. The first-order valence-electron chi connectivity index (χ1n) is 7.94. The highest BCUT2D eigenvalue weighted by atomic mass is 16.1. The molecule has 4 aromatic rings. The largest absolute Gasteiger partial charge is 0.319 e. The van der Waals surface area contributed by atoms with Crippen LogP contribution in [0.2, 0.25) is 0 Å². The zero-order chi connectivity index (χ0) is 17.8. The van der Waals surface area contributed by atoms with Gasteiger partial charge in [-0.3, -0.25) is 9.78 Å². The summed E-state index contributed by atoms with van der Waals surface area (Å²) in [5.74, 6) is 0.237. The maximum atomic E-state index is 12.4. The number of fused-ring (bicyclic) bond motifs is 1. The van der Waals surface area contributed by atoms with Crippen molar-refractivity contribution in [2.24, 2.45) is 0 Å². The molecule has 0 aliphatic heterocycles. The van der Waals surface area contributed by atoms with Crippen molar-refractivity contribution >= 4 is 28.6 Å². The topological polar surface area (TPSA) is 85.6 Å². The van der Waals surface area contributed by atoms with Crippen molar-refractivity contribution in [3.8, 4) is 5.82 Å². The van der Waals surface area contributed by atoms with Crippen molar-refractivity contribution in [3.05, 3.63) is 79.2 Å². The SMILES string of the molecule is O=C(/C=C/c1ccnc2ccccc12)Nc1cccnc1-n1cncn1. The number of aromatic nitrogens is 5. The summed E-state index contributed by atoms with van der Waals surface area (Å²) in [6.45, 7) is 0. The average molecular weight is 342 g/mol. The van der Waals surface area contributed by atoms with E-state index < -0.39 is 0 Å². The van der Waals surface area contributed by atoms with E-state index in [9.17, 15) is 4.79 Å². The lowest BCUT2D eigenvalue weighted by atomic mass is 10.1. The number of hydrogen-bond acceptors (Lipinski definition) is 5. The fourth-order valence-corrected chi connectivity index (χ4v) is 2.60. The number of anilines is 1. The number of hydrogen-bond donors (Lipinski definition) is 1. The zero-order valence-corrected chi connectivity index (χ0v) is 13.6. The maximum Gasteiger partial charge on any atom is 0.248 e. The predicted molar refractivity (Wildman–Crippen MR) is 98.6 cm³/mol. The molecule has 0 bridgehead atoms. The first-order chi connectivity index (χ1) is 12.8. The van der Waals surface area contributed by atoms with Crippen LogP contribution < -0.4 is 5.32 Å². The summed E-state index contributed by atoms with van der Waals surface area (Å²) in [5, 5.41) is 7.86. The van der Waals surface area contributed by atoms with Gasteiger partial charge in [-0.2, -0.15) is 5.10 Å². The smallest absolute Gasteiger partial charge is 0.248 e. The van der Waals surface area contributed by atoms with Gasteiger partial charge in [-0.05, 0) is 35.9 Å². The standard InChI is InChI=1S/C19H14N6O/c26-18(8-7-14-9-11-21-16-5-2-1-4-15(14)16)24-17-6-3-10-22-19(17)25-13-20-12-23-25/h1-13H,(H,24,26)/b8-7+. The van der Waals surface area contributed by atoms with Crippen molar-refractivity contribution < 1.29 is 4.79 Å². The molecule has 4 rings (SSSR count). The molecule has 0 radical (unpaired) electrons. The van der Waals surface area contributed by atoms with E-state index in [1.165, 1.54) is 23.4 Å². The van der Waals surface area contributed by atoms with Gasteiger partial charge in [0.15, 0.2) is 5.82 Å². The van der Waals surface area contributed by atoms with Gasteiger partial charge in [0.25, 0.3) is 0 Å². The molecule has 3 heterocycles. The van der Waals surface area contributed by atoms with Crippen LogP contribution in [0.5, 0.6) is 0 Å². The lowest BCUT2D eigenvalue weighted by molar-refractivity contribution is -0.111. The molecule has 0 unspecified atom stereocenters. The van der Waals surface area contributed by atoms with Crippen molar-refractivity contribution in [3.63, 3.8) is 0 Å². The van der Waals surface area contributed by atoms with E-state index in [1.54, 1.807) is 30.6 Å². The molecular weight excluding hydrogens is 328 g/mol. The second-order valence-electron chi connectivity index (χ2n) is 5.45. The van der Waals surface area contributed by atoms with E-state index in [-0.39, 0.29) is 5.91 Å². The van der Waals surface area contributed by atoms with Crippen LogP contribution in [0, 0.1) is 0 Å². The quantitative estimate of drug-likeness (QED) is 0.576. The molecule has 1 aromatic carbocycles. The molecule has 0 saturated heterocycles. The molecule has 0 aliphatic carbocycles. The average Bonchev–Trinajstić information content (AvgIpc) is 3.21. The minimum absolute atomic E-state index is 0.264. The molecule has 0 spiro atoms. The first-order valence-corrected chi connectivity index (χ1v) is 7.94. The van der Waals surface area contributed by atoms with E-state index in [1.807, 2.05) is 30.3 Å². The van der Waals surface area contributed by atoms with Gasteiger partial charge in [0.1, 0.15) is 12.7 Å². The Bertz CT molecular complexity index is 1080. The highest BCUT2D eigenvalue weighted by Gasteiger charge is 2.08. The monoisotopic (exact) mass is 342 g/mol. The number of rotatable bonds is 4. The predicted octanol–water partition coefficient (Wildman–Crippen LogP) is 2.86. The lowest BCUT2D eigenvalue weighted by Crippen LogP contribution is -2.12. The Morgan fingerprint density at radius 3 is 2.85 bits per heavy atom. The fraction of sp³-hybridized carbons (Fsp3) is 0. The van der Waals surface area contributed by atoms with Gasteiger partial charge in [-0.1, -0.05) is 18.2 Å². The number of nitrogens with zero attached hydrogens (tertiary/aromatic N) is 5. The summed E-state index contributed by atoms with van der Waals surface area (Å²) in [6, 6.07) is 13.2. The van der Waals surface area contributed by atoms with Crippen LogP contribution in [-0.4, -0.2) is 30.6 Å². The number of carbonyl (C=O) groups is 1. The summed E-state index contributed by atoms with van der Waals surface area (Å²) in [6.07, 6.45) is 9.55. The third-order valence-corrected chi connectivity index (χ3v) is 3.78. The molecule has 7 nitrogen and oxygen atoms in total. The van der Waals surface area contributed by atoms with Gasteiger partial charge in [0, 0.05) is 23.9 Å².